The van der Waals surface area contributed by atoms with Crippen LogP contribution in [0.5, 0.6) is 0 Å². The van der Waals surface area contributed by atoms with Crippen molar-refractivity contribution in [3.8, 4) is 21.8 Å². The maximum atomic E-state index is 13.9. The molecule has 0 bridgehead atoms. The van der Waals surface area contributed by atoms with Gasteiger partial charge in [0.05, 0.1) is 21.8 Å². The molecule has 4 N–H and O–H groups in total. The molecule has 3 aromatic rings. The van der Waals surface area contributed by atoms with Crippen molar-refractivity contribution in [2.75, 3.05) is 5.73 Å². The summed E-state index contributed by atoms with van der Waals surface area (Å²) in [5, 5.41) is 11.3. The smallest absolute Gasteiger partial charge is 0.382 e. The van der Waals surface area contributed by atoms with Gasteiger partial charge in [0.15, 0.2) is 5.82 Å². The Labute approximate surface area is 213 Å². The monoisotopic (exact) mass is 561 g/mol. The number of nitrogens with two attached hydrogens (primary N) is 1. The number of halogens is 6. The number of thiazole rings is 1. The molecule has 2 aromatic heterocycles. The molecule has 202 valence electrons. The number of nitrogens with one attached hydrogen (secondary N) is 1. The Balaban J connectivity index is 1.72. The molecular weight excluding hydrogens is 544 g/mol. The number of aliphatic hydroxyl groups is 1. The fourth-order valence-corrected chi connectivity index (χ4v) is 4.48. The third-order valence-corrected chi connectivity index (χ3v) is 6.79. The van der Waals surface area contributed by atoms with Crippen LogP contribution in [0.4, 0.5) is 32.2 Å². The molecule has 0 aliphatic heterocycles. The van der Waals surface area contributed by atoms with E-state index < -0.39 is 35.4 Å². The molecular formula is C22H17F6N5O4S. The molecule has 1 fully saturated rings. The molecule has 1 saturated carbocycles. The highest BCUT2D eigenvalue weighted by Gasteiger charge is 2.61. The van der Waals surface area contributed by atoms with Gasteiger partial charge in [-0.1, -0.05) is 12.1 Å². The SMILES string of the molecule is Cc1ccc(C(O)(C(=O)NOC(=O)C(F)(F)F)C(F)(F)F)cc1-c1cnc(N)c(-c2cnc(C3CC3)s2)n1. The number of aryl methyl sites for hydroxylation is 1. The minimum Gasteiger partial charge on any atom is -0.382 e. The molecule has 38 heavy (non-hydrogen) atoms. The number of nitrogen functional groups attached to an aromatic ring is 1. The van der Waals surface area contributed by atoms with Gasteiger partial charge in [-0.15, -0.1) is 11.3 Å². The quantitative estimate of drug-likeness (QED) is 0.315. The predicted molar refractivity (Wildman–Crippen MR) is 120 cm³/mol. The molecule has 1 amide bonds. The summed E-state index contributed by atoms with van der Waals surface area (Å²) < 4.78 is 78.8. The zero-order chi connectivity index (χ0) is 28.0. The lowest BCUT2D eigenvalue weighted by molar-refractivity contribution is -0.262. The zero-order valence-corrected chi connectivity index (χ0v) is 20.0. The summed E-state index contributed by atoms with van der Waals surface area (Å²) in [5.41, 5.74) is 1.83. The summed E-state index contributed by atoms with van der Waals surface area (Å²) in [6.07, 6.45) is -6.61. The van der Waals surface area contributed by atoms with Gasteiger partial charge in [0.25, 0.3) is 11.5 Å². The molecule has 1 unspecified atom stereocenters. The van der Waals surface area contributed by atoms with Crippen molar-refractivity contribution in [2.24, 2.45) is 0 Å². The normalized spacial score (nSPS) is 15.6. The average molecular weight is 561 g/mol. The molecule has 0 saturated heterocycles. The zero-order valence-electron chi connectivity index (χ0n) is 19.1. The molecule has 4 rings (SSSR count). The number of nitrogens with zero attached hydrogens (tertiary/aromatic N) is 3. The predicted octanol–water partition coefficient (Wildman–Crippen LogP) is 3.92. The Morgan fingerprint density at radius 3 is 2.42 bits per heavy atom. The summed E-state index contributed by atoms with van der Waals surface area (Å²) in [6, 6.07) is 2.65. The highest BCUT2D eigenvalue weighted by Crippen LogP contribution is 2.44. The molecule has 16 heteroatoms. The first-order valence-corrected chi connectivity index (χ1v) is 11.5. The van der Waals surface area contributed by atoms with E-state index in [2.05, 4.69) is 19.8 Å². The molecule has 1 aromatic carbocycles. The molecule has 0 spiro atoms. The van der Waals surface area contributed by atoms with Gasteiger partial charge >= 0.3 is 18.3 Å². The van der Waals surface area contributed by atoms with Crippen LogP contribution in [0.2, 0.25) is 0 Å². The van der Waals surface area contributed by atoms with Crippen LogP contribution in [0.3, 0.4) is 0 Å². The van der Waals surface area contributed by atoms with Crippen LogP contribution >= 0.6 is 11.3 Å². The largest absolute Gasteiger partial charge is 0.493 e. The molecule has 2 heterocycles. The Morgan fingerprint density at radius 1 is 1.13 bits per heavy atom. The van der Waals surface area contributed by atoms with Crippen molar-refractivity contribution in [3.05, 3.63) is 46.7 Å². The number of benzene rings is 1. The second-order valence-corrected chi connectivity index (χ2v) is 9.44. The summed E-state index contributed by atoms with van der Waals surface area (Å²) >= 11 is 1.35. The second kappa shape index (κ2) is 9.50. The van der Waals surface area contributed by atoms with E-state index in [1.54, 1.807) is 6.20 Å². The van der Waals surface area contributed by atoms with E-state index in [0.717, 1.165) is 41.5 Å². The Bertz CT molecular complexity index is 1410. The lowest BCUT2D eigenvalue weighted by Gasteiger charge is -2.29. The van der Waals surface area contributed by atoms with Crippen LogP contribution in [0.1, 0.15) is 34.9 Å². The topological polar surface area (TPSA) is 140 Å². The first-order chi connectivity index (χ1) is 17.6. The van der Waals surface area contributed by atoms with Crippen LogP contribution < -0.4 is 11.2 Å². The maximum Gasteiger partial charge on any atom is 0.493 e. The standard InChI is InChI=1S/C22H17F6N5O4S/c1-9-2-5-11(20(36,22(26,27)28)18(34)33-37-19(35)21(23,24)25)6-12(9)13-7-30-16(29)15(32-13)14-8-31-17(38-14)10-3-4-10/h2,5-8,10,36H,3-4H2,1H3,(H2,29,30)(H,33,34). The number of amides is 1. The van der Waals surface area contributed by atoms with Gasteiger partial charge in [-0.3, -0.25) is 4.79 Å². The van der Waals surface area contributed by atoms with Crippen LogP contribution in [-0.2, 0) is 20.0 Å². The number of anilines is 1. The maximum absolute atomic E-state index is 13.9. The Kier molecular flexibility index (Phi) is 6.82. The van der Waals surface area contributed by atoms with E-state index >= 15 is 0 Å². The molecule has 1 aliphatic rings. The number of alkyl halides is 6. The number of carbonyl (C=O) groups is 2. The number of rotatable bonds is 5. The van der Waals surface area contributed by atoms with Crippen molar-refractivity contribution in [2.45, 2.75) is 43.6 Å². The van der Waals surface area contributed by atoms with E-state index in [0.29, 0.717) is 16.4 Å². The van der Waals surface area contributed by atoms with Gasteiger partial charge in [0, 0.05) is 23.2 Å². The Hall–Kier alpha value is -3.79. The molecule has 1 aliphatic carbocycles. The summed E-state index contributed by atoms with van der Waals surface area (Å²) in [4.78, 5) is 39.9. The van der Waals surface area contributed by atoms with Crippen molar-refractivity contribution in [1.82, 2.24) is 20.4 Å². The van der Waals surface area contributed by atoms with Gasteiger partial charge in [0.1, 0.15) is 5.69 Å². The number of aromatic nitrogens is 3. The lowest BCUT2D eigenvalue weighted by atomic mass is 9.89. The van der Waals surface area contributed by atoms with Crippen LogP contribution in [0.15, 0.2) is 30.6 Å². The number of hydrogen-bond acceptors (Lipinski definition) is 9. The average Bonchev–Trinajstić information content (AvgIpc) is 3.58. The fourth-order valence-electron chi connectivity index (χ4n) is 3.40. The highest BCUT2D eigenvalue weighted by atomic mass is 32.1. The minimum atomic E-state index is -5.74. The van der Waals surface area contributed by atoms with Gasteiger partial charge in [-0.2, -0.15) is 31.8 Å². The number of hydroxylamine groups is 1. The summed E-state index contributed by atoms with van der Waals surface area (Å²) in [5.74, 6) is -5.07. The summed E-state index contributed by atoms with van der Waals surface area (Å²) in [6.45, 7) is 1.51. The number of carbonyl (C=O) groups excluding carboxylic acids is 2. The summed E-state index contributed by atoms with van der Waals surface area (Å²) in [7, 11) is 0. The van der Waals surface area contributed by atoms with Crippen molar-refractivity contribution < 1.29 is 45.9 Å². The van der Waals surface area contributed by atoms with E-state index in [9.17, 15) is 41.0 Å². The first kappa shape index (κ1) is 27.3. The van der Waals surface area contributed by atoms with Gasteiger partial charge in [-0.05, 0) is 31.4 Å². The van der Waals surface area contributed by atoms with Crippen LogP contribution in [-0.4, -0.2) is 44.3 Å². The second-order valence-electron chi connectivity index (χ2n) is 8.38. The van der Waals surface area contributed by atoms with E-state index in [1.165, 1.54) is 24.5 Å². The molecule has 9 nitrogen and oxygen atoms in total. The fraction of sp³-hybridized carbons (Fsp3) is 0.318. The third-order valence-electron chi connectivity index (χ3n) is 5.62. The minimum absolute atomic E-state index is 0.00550. The Morgan fingerprint density at radius 2 is 1.82 bits per heavy atom. The third kappa shape index (κ3) is 5.13. The van der Waals surface area contributed by atoms with Gasteiger partial charge in [-0.25, -0.2) is 19.7 Å². The number of hydrogen-bond donors (Lipinski definition) is 3. The lowest BCUT2D eigenvalue weighted by Crippen LogP contribution is -2.55. The van der Waals surface area contributed by atoms with Crippen molar-refractivity contribution in [1.29, 1.82) is 0 Å². The highest BCUT2D eigenvalue weighted by molar-refractivity contribution is 7.15. The molecule has 0 radical (unpaired) electrons. The van der Waals surface area contributed by atoms with E-state index in [4.69, 9.17) is 5.73 Å². The first-order valence-electron chi connectivity index (χ1n) is 10.7. The van der Waals surface area contributed by atoms with E-state index in [1.807, 2.05) is 0 Å². The van der Waals surface area contributed by atoms with Crippen LogP contribution in [0, 0.1) is 6.92 Å². The van der Waals surface area contributed by atoms with Crippen LogP contribution in [0.25, 0.3) is 21.8 Å². The molecule has 1 atom stereocenters. The van der Waals surface area contributed by atoms with Gasteiger partial charge < -0.3 is 15.7 Å². The van der Waals surface area contributed by atoms with E-state index in [-0.39, 0.29) is 22.8 Å². The van der Waals surface area contributed by atoms with Crippen molar-refractivity contribution in [3.63, 3.8) is 0 Å². The van der Waals surface area contributed by atoms with Crippen molar-refractivity contribution >= 4 is 29.0 Å². The van der Waals surface area contributed by atoms with Gasteiger partial charge in [0.2, 0.25) is 0 Å².